The fourth-order valence-electron chi connectivity index (χ4n) is 3.71. The fraction of sp³-hybridized carbons (Fsp3) is 0.450. The first kappa shape index (κ1) is 21.2. The van der Waals surface area contributed by atoms with Crippen LogP contribution in [0.2, 0.25) is 0 Å². The van der Waals surface area contributed by atoms with Gasteiger partial charge in [0.25, 0.3) is 5.69 Å². The average molecular weight is 457 g/mol. The second-order valence-electron chi connectivity index (χ2n) is 7.50. The van der Waals surface area contributed by atoms with Crippen LogP contribution in [0.1, 0.15) is 5.56 Å². The SMILES string of the molecule is O=[N+]([O-])c1cc2c(cc1C=NNc1cc(N3CCOCC3)nc(N3CCOCC3)n1)OCO2. The van der Waals surface area contributed by atoms with Gasteiger partial charge in [-0.05, 0) is 6.07 Å². The summed E-state index contributed by atoms with van der Waals surface area (Å²) < 4.78 is 21.4. The lowest BCUT2D eigenvalue weighted by Gasteiger charge is -2.31. The van der Waals surface area contributed by atoms with E-state index in [4.69, 9.17) is 23.9 Å². The molecule has 5 rings (SSSR count). The lowest BCUT2D eigenvalue weighted by atomic mass is 10.1. The lowest BCUT2D eigenvalue weighted by molar-refractivity contribution is -0.385. The Hall–Kier alpha value is -3.71. The number of fused-ring (bicyclic) bond motifs is 1. The Kier molecular flexibility index (Phi) is 6.04. The molecule has 0 atom stereocenters. The van der Waals surface area contributed by atoms with Crippen molar-refractivity contribution in [2.45, 2.75) is 0 Å². The predicted octanol–water partition coefficient (Wildman–Crippen LogP) is 1.23. The molecule has 1 N–H and O–H groups in total. The van der Waals surface area contributed by atoms with Crippen LogP contribution in [-0.2, 0) is 9.47 Å². The number of nitro groups is 1. The van der Waals surface area contributed by atoms with Crippen molar-refractivity contribution < 1.29 is 23.9 Å². The molecule has 174 valence electrons. The van der Waals surface area contributed by atoms with Gasteiger partial charge in [0.1, 0.15) is 5.82 Å². The van der Waals surface area contributed by atoms with Crippen LogP contribution in [0, 0.1) is 10.1 Å². The number of hydrazone groups is 1. The Morgan fingerprint density at radius 2 is 1.64 bits per heavy atom. The van der Waals surface area contributed by atoms with Gasteiger partial charge in [0.2, 0.25) is 12.7 Å². The zero-order valence-electron chi connectivity index (χ0n) is 17.8. The largest absolute Gasteiger partial charge is 0.454 e. The van der Waals surface area contributed by atoms with Crippen molar-refractivity contribution in [2.24, 2.45) is 5.10 Å². The molecule has 13 heteroatoms. The highest BCUT2D eigenvalue weighted by atomic mass is 16.7. The summed E-state index contributed by atoms with van der Waals surface area (Å²) in [5.74, 6) is 2.60. The molecule has 1 aromatic carbocycles. The van der Waals surface area contributed by atoms with Crippen molar-refractivity contribution in [3.05, 3.63) is 33.9 Å². The Labute approximate surface area is 189 Å². The molecule has 3 aliphatic heterocycles. The van der Waals surface area contributed by atoms with Crippen LogP contribution in [0.15, 0.2) is 23.3 Å². The first-order chi connectivity index (χ1) is 16.2. The smallest absolute Gasteiger partial charge is 0.282 e. The highest BCUT2D eigenvalue weighted by Crippen LogP contribution is 2.37. The van der Waals surface area contributed by atoms with E-state index < -0.39 is 4.92 Å². The van der Waals surface area contributed by atoms with Crippen molar-refractivity contribution >= 4 is 29.5 Å². The van der Waals surface area contributed by atoms with Gasteiger partial charge >= 0.3 is 0 Å². The van der Waals surface area contributed by atoms with Crippen molar-refractivity contribution in [1.29, 1.82) is 0 Å². The van der Waals surface area contributed by atoms with Gasteiger partial charge < -0.3 is 28.7 Å². The Morgan fingerprint density at radius 1 is 0.970 bits per heavy atom. The fourth-order valence-corrected chi connectivity index (χ4v) is 3.71. The zero-order valence-corrected chi connectivity index (χ0v) is 17.8. The van der Waals surface area contributed by atoms with Gasteiger partial charge in [-0.2, -0.15) is 15.1 Å². The highest BCUT2D eigenvalue weighted by molar-refractivity contribution is 5.87. The number of hydrogen-bond donors (Lipinski definition) is 1. The van der Waals surface area contributed by atoms with E-state index in [9.17, 15) is 10.1 Å². The summed E-state index contributed by atoms with van der Waals surface area (Å²) >= 11 is 0. The number of rotatable bonds is 6. The van der Waals surface area contributed by atoms with Crippen LogP contribution >= 0.6 is 0 Å². The van der Waals surface area contributed by atoms with Crippen molar-refractivity contribution in [3.8, 4) is 11.5 Å². The molecule has 0 unspecified atom stereocenters. The summed E-state index contributed by atoms with van der Waals surface area (Å²) in [4.78, 5) is 24.5. The molecule has 2 aromatic rings. The molecular weight excluding hydrogens is 434 g/mol. The molecule has 3 aliphatic rings. The van der Waals surface area contributed by atoms with Crippen LogP contribution in [0.3, 0.4) is 0 Å². The maximum Gasteiger partial charge on any atom is 0.282 e. The second-order valence-corrected chi connectivity index (χ2v) is 7.50. The van der Waals surface area contributed by atoms with E-state index >= 15 is 0 Å². The normalized spacial score (nSPS) is 18.1. The first-order valence-electron chi connectivity index (χ1n) is 10.6. The van der Waals surface area contributed by atoms with E-state index in [0.29, 0.717) is 62.8 Å². The molecular formula is C20H23N7O6. The summed E-state index contributed by atoms with van der Waals surface area (Å²) in [5.41, 5.74) is 3.05. The summed E-state index contributed by atoms with van der Waals surface area (Å²) in [6, 6.07) is 4.67. The molecule has 2 fully saturated rings. The number of anilines is 3. The minimum atomic E-state index is -0.485. The van der Waals surface area contributed by atoms with E-state index in [0.717, 1.165) is 18.9 Å². The van der Waals surface area contributed by atoms with Gasteiger partial charge in [-0.3, -0.25) is 15.5 Å². The topological polar surface area (TPSA) is 137 Å². The van der Waals surface area contributed by atoms with Gasteiger partial charge in [-0.1, -0.05) is 0 Å². The minimum Gasteiger partial charge on any atom is -0.454 e. The molecule has 0 aliphatic carbocycles. The molecule has 0 bridgehead atoms. The summed E-state index contributed by atoms with van der Waals surface area (Å²) in [6.45, 7) is 5.35. The van der Waals surface area contributed by atoms with Gasteiger partial charge in [0, 0.05) is 32.2 Å². The van der Waals surface area contributed by atoms with E-state index in [-0.39, 0.29) is 18.0 Å². The van der Waals surface area contributed by atoms with Gasteiger partial charge in [-0.15, -0.1) is 0 Å². The number of hydrogen-bond acceptors (Lipinski definition) is 12. The number of ether oxygens (including phenoxy) is 4. The number of aromatic nitrogens is 2. The number of nitrogens with zero attached hydrogens (tertiary/aromatic N) is 6. The van der Waals surface area contributed by atoms with E-state index in [1.807, 2.05) is 0 Å². The molecule has 33 heavy (non-hydrogen) atoms. The zero-order chi connectivity index (χ0) is 22.6. The number of morpholine rings is 2. The van der Waals surface area contributed by atoms with Crippen molar-refractivity contribution in [1.82, 2.24) is 9.97 Å². The maximum absolute atomic E-state index is 11.5. The Balaban J connectivity index is 1.40. The Bertz CT molecular complexity index is 1020. The van der Waals surface area contributed by atoms with E-state index in [1.165, 1.54) is 18.3 Å². The van der Waals surface area contributed by atoms with Crippen LogP contribution in [0.25, 0.3) is 0 Å². The number of nitro benzene ring substituents is 1. The van der Waals surface area contributed by atoms with E-state index in [1.54, 1.807) is 6.07 Å². The third-order valence-corrected chi connectivity index (χ3v) is 5.43. The average Bonchev–Trinajstić information content (AvgIpc) is 3.32. The van der Waals surface area contributed by atoms with Crippen molar-refractivity contribution in [2.75, 3.05) is 74.6 Å². The molecule has 13 nitrogen and oxygen atoms in total. The molecule has 2 saturated heterocycles. The number of benzene rings is 1. The highest BCUT2D eigenvalue weighted by Gasteiger charge is 2.23. The van der Waals surface area contributed by atoms with Crippen LogP contribution in [-0.4, -0.2) is 80.5 Å². The third kappa shape index (κ3) is 4.73. The lowest BCUT2D eigenvalue weighted by Crippen LogP contribution is -2.39. The molecule has 1 aromatic heterocycles. The van der Waals surface area contributed by atoms with Gasteiger partial charge in [0.05, 0.1) is 49.2 Å². The first-order valence-corrected chi connectivity index (χ1v) is 10.6. The molecule has 0 radical (unpaired) electrons. The van der Waals surface area contributed by atoms with Gasteiger partial charge in [-0.25, -0.2) is 0 Å². The molecule has 0 spiro atoms. The molecule has 4 heterocycles. The Morgan fingerprint density at radius 3 is 2.33 bits per heavy atom. The molecule has 0 amide bonds. The van der Waals surface area contributed by atoms with Crippen LogP contribution < -0.4 is 24.7 Å². The summed E-state index contributed by atoms with van der Waals surface area (Å²) in [6.07, 6.45) is 1.37. The predicted molar refractivity (Wildman–Crippen MR) is 119 cm³/mol. The van der Waals surface area contributed by atoms with Crippen LogP contribution in [0.4, 0.5) is 23.3 Å². The monoisotopic (exact) mass is 457 g/mol. The maximum atomic E-state index is 11.5. The molecule has 0 saturated carbocycles. The minimum absolute atomic E-state index is 0.0287. The standard InChI is InChI=1S/C20H23N7O6/c28-27(29)15-10-17-16(32-13-33-17)9-14(15)12-21-24-18-11-19(25-1-5-30-6-2-25)23-20(22-18)26-3-7-31-8-4-26/h9-12H,1-8,13H2,(H,22,23,24). The van der Waals surface area contributed by atoms with Crippen LogP contribution in [0.5, 0.6) is 11.5 Å². The second kappa shape index (κ2) is 9.42. The summed E-state index contributed by atoms with van der Waals surface area (Å²) in [5, 5.41) is 15.7. The number of nitrogens with one attached hydrogen (secondary N) is 1. The van der Waals surface area contributed by atoms with Crippen molar-refractivity contribution in [3.63, 3.8) is 0 Å². The van der Waals surface area contributed by atoms with Gasteiger partial charge in [0.15, 0.2) is 17.3 Å². The van der Waals surface area contributed by atoms with E-state index in [2.05, 4.69) is 25.3 Å². The third-order valence-electron chi connectivity index (χ3n) is 5.43. The quantitative estimate of drug-likeness (QED) is 0.381. The summed E-state index contributed by atoms with van der Waals surface area (Å²) in [7, 11) is 0.